The summed E-state index contributed by atoms with van der Waals surface area (Å²) in [7, 11) is 0. The molecular weight excluding hydrogens is 252 g/mol. The van der Waals surface area contributed by atoms with Crippen molar-refractivity contribution in [3.63, 3.8) is 0 Å². The van der Waals surface area contributed by atoms with Crippen LogP contribution in [0.15, 0.2) is 29.7 Å². The number of halogens is 1. The first-order valence-corrected chi connectivity index (χ1v) is 6.11. The van der Waals surface area contributed by atoms with Gasteiger partial charge in [0.2, 0.25) is 0 Å². The van der Waals surface area contributed by atoms with Gasteiger partial charge in [-0.15, -0.1) is 0 Å². The van der Waals surface area contributed by atoms with Gasteiger partial charge in [0.15, 0.2) is 12.4 Å². The topological polar surface area (TPSA) is 45.7 Å². The highest BCUT2D eigenvalue weighted by Gasteiger charge is 2.00. The summed E-state index contributed by atoms with van der Waals surface area (Å²) < 4.78 is 7.48. The van der Waals surface area contributed by atoms with Crippen LogP contribution in [0.3, 0.4) is 0 Å². The third-order valence-corrected chi connectivity index (χ3v) is 2.47. The smallest absolute Gasteiger partial charge is 0.252 e. The van der Waals surface area contributed by atoms with E-state index in [1.165, 1.54) is 25.5 Å². The highest BCUT2D eigenvalue weighted by Crippen LogP contribution is 1.98. The average Bonchev–Trinajstić information content (AvgIpc) is 2.35. The van der Waals surface area contributed by atoms with Crippen molar-refractivity contribution >= 4 is 6.21 Å². The van der Waals surface area contributed by atoms with Crippen LogP contribution in [0, 0.1) is 0 Å². The van der Waals surface area contributed by atoms with E-state index in [1.807, 2.05) is 29.1 Å². The van der Waals surface area contributed by atoms with Crippen LogP contribution >= 0.6 is 0 Å². The number of hydrogen-bond acceptors (Lipinski definition) is 3. The fraction of sp³-hybridized carbons (Fsp3) is 0.538. The molecule has 0 unspecified atom stereocenters. The standard InChI is InChI=1S/C13H20N2O2.ClH/c1-2-3-4-5-9-17-12-15-8-6-7-13(11-15)10-14-16;/h6-8,10-11H,2-5,9,12H2,1H3;1H/b14-10+;. The van der Waals surface area contributed by atoms with E-state index in [0.717, 1.165) is 18.6 Å². The molecule has 18 heavy (non-hydrogen) atoms. The normalized spacial score (nSPS) is 10.5. The van der Waals surface area contributed by atoms with Gasteiger partial charge in [0.05, 0.1) is 18.4 Å². The van der Waals surface area contributed by atoms with Crippen molar-refractivity contribution in [2.24, 2.45) is 5.16 Å². The molecule has 0 spiro atoms. The van der Waals surface area contributed by atoms with Crippen molar-refractivity contribution in [3.05, 3.63) is 30.1 Å². The molecule has 0 saturated heterocycles. The molecule has 1 heterocycles. The number of rotatable bonds is 8. The van der Waals surface area contributed by atoms with Gasteiger partial charge in [0.25, 0.3) is 6.73 Å². The molecule has 1 aromatic rings. The van der Waals surface area contributed by atoms with E-state index in [2.05, 4.69) is 12.1 Å². The maximum atomic E-state index is 8.44. The minimum Gasteiger partial charge on any atom is -1.00 e. The Hall–Kier alpha value is -1.13. The van der Waals surface area contributed by atoms with Crippen molar-refractivity contribution in [1.82, 2.24) is 0 Å². The molecular formula is C13H21ClN2O2. The molecule has 0 aliphatic rings. The van der Waals surface area contributed by atoms with Gasteiger partial charge in [-0.25, -0.2) is 0 Å². The summed E-state index contributed by atoms with van der Waals surface area (Å²) >= 11 is 0. The van der Waals surface area contributed by atoms with Crippen molar-refractivity contribution in [2.75, 3.05) is 6.61 Å². The van der Waals surface area contributed by atoms with Gasteiger partial charge in [-0.2, -0.15) is 4.57 Å². The maximum absolute atomic E-state index is 8.44. The van der Waals surface area contributed by atoms with E-state index in [1.54, 1.807) is 0 Å². The zero-order valence-electron chi connectivity index (χ0n) is 10.8. The number of unbranched alkanes of at least 4 members (excludes halogenated alkanes) is 3. The lowest BCUT2D eigenvalue weighted by Gasteiger charge is -2.01. The Balaban J connectivity index is 0.00000289. The molecule has 102 valence electrons. The largest absolute Gasteiger partial charge is 1.00 e. The summed E-state index contributed by atoms with van der Waals surface area (Å²) in [5, 5.41) is 11.4. The van der Waals surface area contributed by atoms with E-state index in [0.29, 0.717) is 6.73 Å². The second-order valence-electron chi connectivity index (χ2n) is 3.99. The molecule has 0 amide bonds. The van der Waals surface area contributed by atoms with Crippen molar-refractivity contribution < 1.29 is 26.9 Å². The van der Waals surface area contributed by atoms with Crippen LogP contribution in [-0.4, -0.2) is 18.0 Å². The van der Waals surface area contributed by atoms with Crippen molar-refractivity contribution in [2.45, 2.75) is 39.3 Å². The van der Waals surface area contributed by atoms with Gasteiger partial charge in [0.1, 0.15) is 0 Å². The Morgan fingerprint density at radius 1 is 1.39 bits per heavy atom. The van der Waals surface area contributed by atoms with Gasteiger partial charge in [-0.3, -0.25) is 0 Å². The Labute approximate surface area is 115 Å². The summed E-state index contributed by atoms with van der Waals surface area (Å²) in [6, 6.07) is 3.77. The summed E-state index contributed by atoms with van der Waals surface area (Å²) in [4.78, 5) is 0. The first-order chi connectivity index (χ1) is 8.36. The fourth-order valence-electron chi connectivity index (χ4n) is 1.57. The summed E-state index contributed by atoms with van der Waals surface area (Å²) in [5.41, 5.74) is 0.851. The molecule has 0 fully saturated rings. The number of ether oxygens (including phenoxy) is 1. The lowest BCUT2D eigenvalue weighted by atomic mass is 10.2. The number of pyridine rings is 1. The molecule has 0 atom stereocenters. The molecule has 0 aliphatic carbocycles. The van der Waals surface area contributed by atoms with Gasteiger partial charge in [-0.1, -0.05) is 31.3 Å². The minimum absolute atomic E-state index is 0. The zero-order chi connectivity index (χ0) is 12.3. The number of aromatic nitrogens is 1. The van der Waals surface area contributed by atoms with Gasteiger partial charge < -0.3 is 22.4 Å². The minimum atomic E-state index is 0. The molecule has 0 aromatic carbocycles. The predicted molar refractivity (Wildman–Crippen MR) is 66.1 cm³/mol. The van der Waals surface area contributed by atoms with Crippen LogP contribution in [0.4, 0.5) is 0 Å². The highest BCUT2D eigenvalue weighted by molar-refractivity contribution is 5.77. The van der Waals surface area contributed by atoms with E-state index >= 15 is 0 Å². The fourth-order valence-corrected chi connectivity index (χ4v) is 1.57. The van der Waals surface area contributed by atoms with E-state index in [9.17, 15) is 0 Å². The molecule has 0 radical (unpaired) electrons. The maximum Gasteiger partial charge on any atom is 0.252 e. The molecule has 1 aromatic heterocycles. The summed E-state index contributed by atoms with van der Waals surface area (Å²) in [6.07, 6.45) is 10.1. The molecule has 1 rings (SSSR count). The predicted octanol–water partition coefficient (Wildman–Crippen LogP) is -0.659. The number of hydrogen-bond donors (Lipinski definition) is 1. The molecule has 0 aliphatic heterocycles. The van der Waals surface area contributed by atoms with E-state index in [-0.39, 0.29) is 12.4 Å². The average molecular weight is 273 g/mol. The Bertz CT molecular complexity index is 346. The summed E-state index contributed by atoms with van der Waals surface area (Å²) in [6.45, 7) is 3.54. The monoisotopic (exact) mass is 272 g/mol. The van der Waals surface area contributed by atoms with Gasteiger partial charge in [0, 0.05) is 6.07 Å². The van der Waals surface area contributed by atoms with Gasteiger partial charge in [-0.05, 0) is 12.5 Å². The number of oxime groups is 1. The number of nitrogens with zero attached hydrogens (tertiary/aromatic N) is 2. The third-order valence-electron chi connectivity index (χ3n) is 2.47. The first kappa shape index (κ1) is 16.9. The Kier molecular flexibility index (Phi) is 10.3. The summed E-state index contributed by atoms with van der Waals surface area (Å²) in [5.74, 6) is 0. The second-order valence-corrected chi connectivity index (χ2v) is 3.99. The quantitative estimate of drug-likeness (QED) is 0.225. The second kappa shape index (κ2) is 11.0. The molecule has 0 bridgehead atoms. The third kappa shape index (κ3) is 7.25. The Morgan fingerprint density at radius 3 is 2.94 bits per heavy atom. The van der Waals surface area contributed by atoms with Crippen LogP contribution < -0.4 is 17.0 Å². The van der Waals surface area contributed by atoms with Crippen LogP contribution in [0.1, 0.15) is 38.2 Å². The first-order valence-electron chi connectivity index (χ1n) is 6.11. The SMILES string of the molecule is CCCCCCOC[n+]1cccc(/C=N/O)c1.[Cl-]. The molecule has 1 N–H and O–H groups in total. The van der Waals surface area contributed by atoms with Crippen LogP contribution in [0.2, 0.25) is 0 Å². The molecule has 0 saturated carbocycles. The van der Waals surface area contributed by atoms with Crippen LogP contribution in [0.5, 0.6) is 0 Å². The van der Waals surface area contributed by atoms with E-state index in [4.69, 9.17) is 9.94 Å². The van der Waals surface area contributed by atoms with Gasteiger partial charge >= 0.3 is 0 Å². The van der Waals surface area contributed by atoms with E-state index < -0.39 is 0 Å². The molecule has 4 nitrogen and oxygen atoms in total. The van der Waals surface area contributed by atoms with Crippen LogP contribution in [0.25, 0.3) is 0 Å². The molecule has 5 heteroatoms. The lowest BCUT2D eigenvalue weighted by Crippen LogP contribution is -3.00. The van der Waals surface area contributed by atoms with Crippen LogP contribution in [-0.2, 0) is 11.5 Å². The lowest BCUT2D eigenvalue weighted by molar-refractivity contribution is -0.732. The Morgan fingerprint density at radius 2 is 2.22 bits per heavy atom. The zero-order valence-corrected chi connectivity index (χ0v) is 11.5. The highest BCUT2D eigenvalue weighted by atomic mass is 35.5. The van der Waals surface area contributed by atoms with Crippen molar-refractivity contribution in [3.8, 4) is 0 Å². The van der Waals surface area contributed by atoms with Crippen molar-refractivity contribution in [1.29, 1.82) is 0 Å².